The Morgan fingerprint density at radius 3 is 2.05 bits per heavy atom. The van der Waals surface area contributed by atoms with E-state index in [-0.39, 0.29) is 0 Å². The number of aromatic hydroxyl groups is 1. The van der Waals surface area contributed by atoms with Crippen LogP contribution in [0.1, 0.15) is 57.4 Å². The van der Waals surface area contributed by atoms with Gasteiger partial charge in [0.15, 0.2) is 0 Å². The molecule has 1 rings (SSSR count). The van der Waals surface area contributed by atoms with E-state index < -0.39 is 0 Å². The Morgan fingerprint density at radius 2 is 1.42 bits per heavy atom. The molecule has 0 atom stereocenters. The van der Waals surface area contributed by atoms with Gasteiger partial charge in [-0.05, 0) is 43.9 Å². The van der Waals surface area contributed by atoms with Crippen molar-refractivity contribution in [2.75, 3.05) is 13.2 Å². The van der Waals surface area contributed by atoms with Crippen LogP contribution in [0.25, 0.3) is 0 Å². The summed E-state index contributed by atoms with van der Waals surface area (Å²) < 4.78 is 5.32. The molecule has 0 saturated carbocycles. The highest BCUT2D eigenvalue weighted by Crippen LogP contribution is 2.13. The Bertz CT molecular complexity index is 306. The van der Waals surface area contributed by atoms with Gasteiger partial charge in [0.2, 0.25) is 0 Å². The van der Waals surface area contributed by atoms with Crippen molar-refractivity contribution in [3.8, 4) is 5.75 Å². The second kappa shape index (κ2) is 10.9. The van der Waals surface area contributed by atoms with Crippen LogP contribution < -0.4 is 0 Å². The fraction of sp³-hybridized carbons (Fsp3) is 0.647. The zero-order valence-corrected chi connectivity index (χ0v) is 12.2. The van der Waals surface area contributed by atoms with Gasteiger partial charge in [-0.2, -0.15) is 0 Å². The molecule has 0 radical (unpaired) electrons. The molecule has 0 fully saturated rings. The maximum atomic E-state index is 9.19. The molecule has 0 aliphatic carbocycles. The highest BCUT2D eigenvalue weighted by atomic mass is 16.5. The summed E-state index contributed by atoms with van der Waals surface area (Å²) in [5, 5.41) is 9.19. The van der Waals surface area contributed by atoms with Crippen LogP contribution in [0.2, 0.25) is 0 Å². The monoisotopic (exact) mass is 264 g/mol. The van der Waals surface area contributed by atoms with Crippen molar-refractivity contribution in [1.29, 1.82) is 0 Å². The lowest BCUT2D eigenvalue weighted by Crippen LogP contribution is -1.93. The number of phenolic OH excluding ortho intramolecular Hbond substituents is 1. The third-order valence-corrected chi connectivity index (χ3v) is 3.39. The van der Waals surface area contributed by atoms with Gasteiger partial charge in [0.1, 0.15) is 5.75 Å². The van der Waals surface area contributed by atoms with Crippen molar-refractivity contribution >= 4 is 0 Å². The van der Waals surface area contributed by atoms with E-state index in [1.165, 1.54) is 50.5 Å². The van der Waals surface area contributed by atoms with E-state index >= 15 is 0 Å². The van der Waals surface area contributed by atoms with Crippen molar-refractivity contribution in [1.82, 2.24) is 0 Å². The van der Waals surface area contributed by atoms with Crippen LogP contribution in [0.3, 0.4) is 0 Å². The molecule has 2 nitrogen and oxygen atoms in total. The van der Waals surface area contributed by atoms with Crippen molar-refractivity contribution in [3.63, 3.8) is 0 Å². The van der Waals surface area contributed by atoms with Crippen LogP contribution in [-0.2, 0) is 11.2 Å². The molecule has 108 valence electrons. The first kappa shape index (κ1) is 16.0. The summed E-state index contributed by atoms with van der Waals surface area (Å²) in [6.45, 7) is 3.82. The molecule has 0 amide bonds. The summed E-state index contributed by atoms with van der Waals surface area (Å²) in [4.78, 5) is 0. The van der Waals surface area contributed by atoms with Crippen molar-refractivity contribution < 1.29 is 9.84 Å². The summed E-state index contributed by atoms with van der Waals surface area (Å²) in [6, 6.07) is 7.58. The molecule has 1 aromatic rings. The number of aryl methyl sites for hydroxylation is 1. The van der Waals surface area contributed by atoms with Gasteiger partial charge >= 0.3 is 0 Å². The Hall–Kier alpha value is -1.02. The first-order valence-corrected chi connectivity index (χ1v) is 7.68. The smallest absolute Gasteiger partial charge is 0.115 e. The van der Waals surface area contributed by atoms with Crippen molar-refractivity contribution in [2.24, 2.45) is 0 Å². The Morgan fingerprint density at radius 1 is 0.842 bits per heavy atom. The van der Waals surface area contributed by atoms with Gasteiger partial charge in [0.05, 0.1) is 0 Å². The molecule has 2 heteroatoms. The lowest BCUT2D eigenvalue weighted by molar-refractivity contribution is 0.143. The lowest BCUT2D eigenvalue weighted by atomic mass is 10.0. The predicted molar refractivity (Wildman–Crippen MR) is 80.6 cm³/mol. The average molecular weight is 264 g/mol. The van der Waals surface area contributed by atoms with Gasteiger partial charge in [-0.3, -0.25) is 0 Å². The summed E-state index contributed by atoms with van der Waals surface area (Å²) >= 11 is 0. The first-order valence-electron chi connectivity index (χ1n) is 7.68. The molecule has 0 aliphatic heterocycles. The second-order valence-corrected chi connectivity index (χ2v) is 5.09. The zero-order valence-electron chi connectivity index (χ0n) is 12.2. The second-order valence-electron chi connectivity index (χ2n) is 5.09. The maximum absolute atomic E-state index is 9.19. The minimum absolute atomic E-state index is 0.357. The fourth-order valence-corrected chi connectivity index (χ4v) is 2.22. The summed E-state index contributed by atoms with van der Waals surface area (Å²) in [7, 11) is 0. The molecule has 0 aliphatic rings. The predicted octanol–water partition coefficient (Wildman–Crippen LogP) is 4.70. The number of unbranched alkanes of at least 4 members (excludes halogenated alkanes) is 6. The number of ether oxygens (including phenoxy) is 1. The third kappa shape index (κ3) is 8.66. The minimum atomic E-state index is 0.357. The Labute approximate surface area is 117 Å². The largest absolute Gasteiger partial charge is 0.508 e. The molecule has 0 spiro atoms. The van der Waals surface area contributed by atoms with Gasteiger partial charge < -0.3 is 9.84 Å². The number of phenols is 1. The van der Waals surface area contributed by atoms with Crippen LogP contribution in [0, 0.1) is 0 Å². The van der Waals surface area contributed by atoms with Gasteiger partial charge in [-0.15, -0.1) is 0 Å². The van der Waals surface area contributed by atoms with E-state index in [1.807, 2.05) is 19.1 Å². The molecule has 0 bridgehead atoms. The molecule has 0 unspecified atom stereocenters. The van der Waals surface area contributed by atoms with Crippen molar-refractivity contribution in [3.05, 3.63) is 29.8 Å². The molecule has 1 N–H and O–H groups in total. The van der Waals surface area contributed by atoms with E-state index in [4.69, 9.17) is 4.74 Å². The van der Waals surface area contributed by atoms with E-state index in [2.05, 4.69) is 0 Å². The Balaban J connectivity index is 1.87. The van der Waals surface area contributed by atoms with Crippen LogP contribution in [0.4, 0.5) is 0 Å². The van der Waals surface area contributed by atoms with E-state index in [0.717, 1.165) is 19.6 Å². The first-order chi connectivity index (χ1) is 9.33. The Kier molecular flexibility index (Phi) is 9.17. The normalized spacial score (nSPS) is 10.8. The van der Waals surface area contributed by atoms with Crippen LogP contribution >= 0.6 is 0 Å². The quantitative estimate of drug-likeness (QED) is 0.587. The minimum Gasteiger partial charge on any atom is -0.508 e. The topological polar surface area (TPSA) is 29.5 Å². The molecule has 0 aromatic heterocycles. The molecule has 19 heavy (non-hydrogen) atoms. The van der Waals surface area contributed by atoms with E-state index in [9.17, 15) is 5.11 Å². The van der Waals surface area contributed by atoms with Crippen LogP contribution in [0.5, 0.6) is 5.75 Å². The number of hydrogen-bond donors (Lipinski definition) is 1. The zero-order chi connectivity index (χ0) is 13.8. The molecule has 0 saturated heterocycles. The molecular formula is C17H28O2. The highest BCUT2D eigenvalue weighted by molar-refractivity contribution is 5.25. The molecule has 1 aromatic carbocycles. The highest BCUT2D eigenvalue weighted by Gasteiger charge is 1.95. The van der Waals surface area contributed by atoms with E-state index in [1.54, 1.807) is 12.1 Å². The standard InChI is InChI=1S/C17H28O2/c1-2-19-15-9-7-5-3-4-6-8-10-16-11-13-17(18)14-12-16/h11-14,18H,2-10,15H2,1H3. The lowest BCUT2D eigenvalue weighted by Gasteiger charge is -2.03. The van der Waals surface area contributed by atoms with Gasteiger partial charge in [-0.1, -0.05) is 44.2 Å². The van der Waals surface area contributed by atoms with Crippen LogP contribution in [0.15, 0.2) is 24.3 Å². The van der Waals surface area contributed by atoms with Gasteiger partial charge in [0, 0.05) is 13.2 Å². The van der Waals surface area contributed by atoms with Crippen LogP contribution in [-0.4, -0.2) is 18.3 Å². The van der Waals surface area contributed by atoms with Gasteiger partial charge in [0.25, 0.3) is 0 Å². The molecular weight excluding hydrogens is 236 g/mol. The summed E-state index contributed by atoms with van der Waals surface area (Å²) in [5.41, 5.74) is 1.33. The van der Waals surface area contributed by atoms with Crippen molar-refractivity contribution in [2.45, 2.75) is 58.3 Å². The number of benzene rings is 1. The fourth-order valence-electron chi connectivity index (χ4n) is 2.22. The summed E-state index contributed by atoms with van der Waals surface area (Å²) in [5.74, 6) is 0.357. The molecule has 0 heterocycles. The van der Waals surface area contributed by atoms with Gasteiger partial charge in [-0.25, -0.2) is 0 Å². The SMILES string of the molecule is CCOCCCCCCCCCc1ccc(O)cc1. The number of hydrogen-bond acceptors (Lipinski definition) is 2. The van der Waals surface area contributed by atoms with E-state index in [0.29, 0.717) is 5.75 Å². The third-order valence-electron chi connectivity index (χ3n) is 3.39. The maximum Gasteiger partial charge on any atom is 0.115 e. The average Bonchev–Trinajstić information content (AvgIpc) is 2.43. The number of rotatable bonds is 11. The summed E-state index contributed by atoms with van der Waals surface area (Å²) in [6.07, 6.45) is 10.2.